The van der Waals surface area contributed by atoms with Gasteiger partial charge in [-0.3, -0.25) is 9.59 Å². The molecule has 9 nitrogen and oxygen atoms in total. The lowest BCUT2D eigenvalue weighted by Gasteiger charge is -2.27. The maximum atomic E-state index is 11.9. The third-order valence-electron chi connectivity index (χ3n) is 5.82. The lowest BCUT2D eigenvalue weighted by Crippen LogP contribution is -2.53. The molecule has 0 fully saturated rings. The van der Waals surface area contributed by atoms with Gasteiger partial charge in [-0.15, -0.1) is 0 Å². The molecule has 0 aromatic carbocycles. The number of unbranched alkanes of at least 4 members (excludes halogenated alkanes) is 11. The number of nitrogens with two attached hydrogens (primary N) is 1. The Morgan fingerprint density at radius 3 is 2.00 bits per heavy atom. The van der Waals surface area contributed by atoms with Gasteiger partial charge in [0.2, 0.25) is 5.91 Å². The summed E-state index contributed by atoms with van der Waals surface area (Å²) in [7, 11) is 0. The van der Waals surface area contributed by atoms with Crippen LogP contribution in [0.2, 0.25) is 0 Å². The maximum absolute atomic E-state index is 11.9. The van der Waals surface area contributed by atoms with Gasteiger partial charge in [-0.1, -0.05) is 70.4 Å². The molecule has 9 heteroatoms. The standard InChI is InChI=1S/C26H48N2O7/c1-2-3-4-5-6-7-8-9-10-11-12-13-14-15-16-17-23(32)28-18-24(33)35-26(21(27)19-29)25(34)22(31)20-30/h9-10,19,21-22,25-26,30-31,34H,2-8,11-18,20,27H2,1H3,(H,28,32)/t21-,22+,25+,26+/m0/s1. The number of aldehydes is 1. The number of esters is 1. The molecular weight excluding hydrogens is 452 g/mol. The Morgan fingerprint density at radius 2 is 1.46 bits per heavy atom. The van der Waals surface area contributed by atoms with Gasteiger partial charge in [0, 0.05) is 6.42 Å². The van der Waals surface area contributed by atoms with Gasteiger partial charge in [0.1, 0.15) is 31.1 Å². The summed E-state index contributed by atoms with van der Waals surface area (Å²) in [6, 6.07) is -1.39. The van der Waals surface area contributed by atoms with Crippen molar-refractivity contribution in [3.63, 3.8) is 0 Å². The second kappa shape index (κ2) is 22.6. The molecule has 0 aliphatic carbocycles. The van der Waals surface area contributed by atoms with Crippen LogP contribution in [0.15, 0.2) is 12.2 Å². The largest absolute Gasteiger partial charge is 0.456 e. The molecule has 0 spiro atoms. The Kier molecular flexibility index (Phi) is 21.5. The second-order valence-corrected chi connectivity index (χ2v) is 9.02. The molecule has 6 N–H and O–H groups in total. The van der Waals surface area contributed by atoms with E-state index < -0.39 is 43.5 Å². The molecule has 0 rings (SSSR count). The van der Waals surface area contributed by atoms with E-state index in [-0.39, 0.29) is 18.6 Å². The van der Waals surface area contributed by atoms with Crippen molar-refractivity contribution in [3.05, 3.63) is 12.2 Å². The number of amides is 1. The number of ether oxygens (including phenoxy) is 1. The second-order valence-electron chi connectivity index (χ2n) is 9.02. The van der Waals surface area contributed by atoms with Gasteiger partial charge in [-0.05, 0) is 32.1 Å². The van der Waals surface area contributed by atoms with E-state index >= 15 is 0 Å². The molecular formula is C26H48N2O7. The molecule has 0 unspecified atom stereocenters. The molecule has 1 amide bonds. The van der Waals surface area contributed by atoms with Crippen molar-refractivity contribution in [1.29, 1.82) is 0 Å². The van der Waals surface area contributed by atoms with E-state index in [0.717, 1.165) is 38.5 Å². The van der Waals surface area contributed by atoms with Crippen LogP contribution in [-0.2, 0) is 19.1 Å². The van der Waals surface area contributed by atoms with Crippen LogP contribution in [0.5, 0.6) is 0 Å². The first-order chi connectivity index (χ1) is 16.9. The number of rotatable bonds is 23. The minimum absolute atomic E-state index is 0.261. The molecule has 0 saturated heterocycles. The van der Waals surface area contributed by atoms with Crippen LogP contribution in [0.25, 0.3) is 0 Å². The quantitative estimate of drug-likeness (QED) is 0.0618. The summed E-state index contributed by atoms with van der Waals surface area (Å²) in [6.45, 7) is 0.985. The molecule has 0 aliphatic rings. The van der Waals surface area contributed by atoms with Crippen LogP contribution in [0.4, 0.5) is 0 Å². The highest BCUT2D eigenvalue weighted by molar-refractivity contribution is 5.82. The Hall–Kier alpha value is -1.81. The summed E-state index contributed by atoms with van der Waals surface area (Å²) < 4.78 is 4.93. The van der Waals surface area contributed by atoms with E-state index in [2.05, 4.69) is 24.4 Å². The predicted molar refractivity (Wildman–Crippen MR) is 135 cm³/mol. The summed E-state index contributed by atoms with van der Waals surface area (Å²) in [5.74, 6) is -1.21. The maximum Gasteiger partial charge on any atom is 0.325 e. The minimum Gasteiger partial charge on any atom is -0.456 e. The first kappa shape index (κ1) is 33.2. The summed E-state index contributed by atoms with van der Waals surface area (Å²) in [5, 5.41) is 30.7. The fourth-order valence-electron chi connectivity index (χ4n) is 3.59. The number of carbonyl (C=O) groups is 3. The van der Waals surface area contributed by atoms with Crippen LogP contribution in [0.3, 0.4) is 0 Å². The zero-order chi connectivity index (χ0) is 26.3. The van der Waals surface area contributed by atoms with Crippen LogP contribution in [-0.4, -0.2) is 71.0 Å². The first-order valence-electron chi connectivity index (χ1n) is 13.2. The highest BCUT2D eigenvalue weighted by Crippen LogP contribution is 2.10. The molecule has 0 aromatic rings. The number of aliphatic hydroxyl groups is 3. The van der Waals surface area contributed by atoms with Crippen LogP contribution < -0.4 is 11.1 Å². The monoisotopic (exact) mass is 500 g/mol. The SMILES string of the molecule is CCCCCCCCC=CCCCCCCCC(=O)NCC(=O)O[C@@H]([C@H](O)[C@H](O)CO)[C@@H](N)C=O. The normalized spacial score (nSPS) is 14.9. The number of hydrogen-bond donors (Lipinski definition) is 5. The Bertz CT molecular complexity index is 586. The van der Waals surface area contributed by atoms with E-state index in [1.807, 2.05) is 0 Å². The highest BCUT2D eigenvalue weighted by atomic mass is 16.6. The van der Waals surface area contributed by atoms with Gasteiger partial charge in [0.15, 0.2) is 6.10 Å². The van der Waals surface area contributed by atoms with Crippen molar-refractivity contribution in [1.82, 2.24) is 5.32 Å². The van der Waals surface area contributed by atoms with Crippen LogP contribution >= 0.6 is 0 Å². The van der Waals surface area contributed by atoms with Crippen molar-refractivity contribution in [2.75, 3.05) is 13.2 Å². The van der Waals surface area contributed by atoms with Crippen molar-refractivity contribution in [2.45, 2.75) is 121 Å². The van der Waals surface area contributed by atoms with Gasteiger partial charge in [0.05, 0.1) is 6.61 Å². The minimum atomic E-state index is -1.74. The fourth-order valence-corrected chi connectivity index (χ4v) is 3.59. The summed E-state index contributed by atoms with van der Waals surface area (Å²) in [5.41, 5.74) is 5.50. The molecule has 0 aliphatic heterocycles. The summed E-state index contributed by atoms with van der Waals surface area (Å²) in [4.78, 5) is 34.7. The molecule has 204 valence electrons. The molecule has 0 heterocycles. The van der Waals surface area contributed by atoms with Crippen molar-refractivity contribution in [2.24, 2.45) is 5.73 Å². The predicted octanol–water partition coefficient (Wildman–Crippen LogP) is 2.29. The third kappa shape index (κ3) is 18.2. The smallest absolute Gasteiger partial charge is 0.325 e. The molecule has 0 bridgehead atoms. The molecule has 0 saturated carbocycles. The number of allylic oxidation sites excluding steroid dienone is 2. The average Bonchev–Trinajstić information content (AvgIpc) is 2.86. The summed E-state index contributed by atoms with van der Waals surface area (Å²) >= 11 is 0. The van der Waals surface area contributed by atoms with Gasteiger partial charge in [-0.2, -0.15) is 0 Å². The van der Waals surface area contributed by atoms with Crippen LogP contribution in [0.1, 0.15) is 96.8 Å². The van der Waals surface area contributed by atoms with E-state index in [1.54, 1.807) is 0 Å². The Morgan fingerprint density at radius 1 is 0.914 bits per heavy atom. The molecule has 4 atom stereocenters. The van der Waals surface area contributed by atoms with E-state index in [1.165, 1.54) is 44.9 Å². The number of hydrogen-bond acceptors (Lipinski definition) is 8. The number of aliphatic hydroxyl groups excluding tert-OH is 3. The Balaban J connectivity index is 3.82. The zero-order valence-electron chi connectivity index (χ0n) is 21.4. The van der Waals surface area contributed by atoms with Crippen molar-refractivity contribution < 1.29 is 34.4 Å². The molecule has 0 aromatic heterocycles. The van der Waals surface area contributed by atoms with E-state index in [4.69, 9.17) is 15.6 Å². The average molecular weight is 501 g/mol. The van der Waals surface area contributed by atoms with Crippen molar-refractivity contribution in [3.8, 4) is 0 Å². The number of carbonyl (C=O) groups excluding carboxylic acids is 3. The lowest BCUT2D eigenvalue weighted by atomic mass is 10.0. The lowest BCUT2D eigenvalue weighted by molar-refractivity contribution is -0.163. The van der Waals surface area contributed by atoms with E-state index in [0.29, 0.717) is 0 Å². The first-order valence-corrected chi connectivity index (χ1v) is 13.2. The van der Waals surface area contributed by atoms with Gasteiger partial charge >= 0.3 is 5.97 Å². The van der Waals surface area contributed by atoms with Gasteiger partial charge in [0.25, 0.3) is 0 Å². The van der Waals surface area contributed by atoms with E-state index in [9.17, 15) is 24.6 Å². The topological polar surface area (TPSA) is 159 Å². The fraction of sp³-hybridized carbons (Fsp3) is 0.808. The highest BCUT2D eigenvalue weighted by Gasteiger charge is 2.34. The molecule has 35 heavy (non-hydrogen) atoms. The zero-order valence-corrected chi connectivity index (χ0v) is 21.4. The summed E-state index contributed by atoms with van der Waals surface area (Å²) in [6.07, 6.45) is 15.4. The molecule has 0 radical (unpaired) electrons. The van der Waals surface area contributed by atoms with Crippen LogP contribution in [0, 0.1) is 0 Å². The Labute approximate surface area is 210 Å². The third-order valence-corrected chi connectivity index (χ3v) is 5.82. The number of nitrogens with one attached hydrogen (secondary N) is 1. The van der Waals surface area contributed by atoms with Gasteiger partial charge < -0.3 is 35.9 Å². The van der Waals surface area contributed by atoms with Gasteiger partial charge in [-0.25, -0.2) is 0 Å². The van der Waals surface area contributed by atoms with Crippen molar-refractivity contribution >= 4 is 18.2 Å².